The molecule has 0 amide bonds. The van der Waals surface area contributed by atoms with Gasteiger partial charge in [0.1, 0.15) is 22.1 Å². The number of hydrogen-bond acceptors (Lipinski definition) is 8. The van der Waals surface area contributed by atoms with Crippen molar-refractivity contribution in [1.29, 1.82) is 0 Å². The molecule has 0 spiro atoms. The number of rotatable bonds is 8. The Morgan fingerprint density at radius 3 is 2.38 bits per heavy atom. The minimum absolute atomic E-state index is 0.0842. The zero-order valence-electron chi connectivity index (χ0n) is 19.2. The van der Waals surface area contributed by atoms with Gasteiger partial charge in [0.25, 0.3) is 0 Å². The van der Waals surface area contributed by atoms with E-state index in [1.54, 1.807) is 37.7 Å². The first-order chi connectivity index (χ1) is 16.3. The lowest BCUT2D eigenvalue weighted by Crippen LogP contribution is -2.48. The number of piperazine rings is 1. The molecule has 1 saturated heterocycles. The molecule has 34 heavy (non-hydrogen) atoms. The van der Waals surface area contributed by atoms with Crippen molar-refractivity contribution in [2.24, 2.45) is 0 Å². The van der Waals surface area contributed by atoms with Crippen LogP contribution in [0.25, 0.3) is 0 Å². The summed E-state index contributed by atoms with van der Waals surface area (Å²) in [7, 11) is 0.979. The van der Waals surface area contributed by atoms with Gasteiger partial charge in [0.2, 0.25) is 10.0 Å². The maximum absolute atomic E-state index is 13.2. The van der Waals surface area contributed by atoms with Gasteiger partial charge in [-0.3, -0.25) is 0 Å². The summed E-state index contributed by atoms with van der Waals surface area (Å²) in [6.07, 6.45) is 0.632. The molecule has 8 nitrogen and oxygen atoms in total. The smallest absolute Gasteiger partial charge is 0.246 e. The van der Waals surface area contributed by atoms with E-state index in [1.165, 1.54) is 17.5 Å². The largest absolute Gasteiger partial charge is 0.497 e. The zero-order valence-corrected chi connectivity index (χ0v) is 21.5. The number of thiazole rings is 1. The lowest BCUT2D eigenvalue weighted by atomic mass is 10.1. The van der Waals surface area contributed by atoms with Crippen LogP contribution < -0.4 is 19.1 Å². The van der Waals surface area contributed by atoms with Gasteiger partial charge in [0, 0.05) is 54.6 Å². The Morgan fingerprint density at radius 2 is 1.71 bits per heavy atom. The highest BCUT2D eigenvalue weighted by Gasteiger charge is 2.31. The molecule has 0 atom stereocenters. The molecule has 182 valence electrons. The van der Waals surface area contributed by atoms with Crippen LogP contribution in [0.15, 0.2) is 46.7 Å². The topological polar surface area (TPSA) is 81.2 Å². The van der Waals surface area contributed by atoms with Crippen LogP contribution in [-0.2, 0) is 16.4 Å². The average Bonchev–Trinajstić information content (AvgIpc) is 3.33. The predicted molar refractivity (Wildman–Crippen MR) is 133 cm³/mol. The summed E-state index contributed by atoms with van der Waals surface area (Å²) in [6.45, 7) is 1.78. The number of anilines is 1. The van der Waals surface area contributed by atoms with E-state index in [2.05, 4.69) is 4.90 Å². The molecule has 0 bridgehead atoms. The summed E-state index contributed by atoms with van der Waals surface area (Å²) < 4.78 is 43.9. The van der Waals surface area contributed by atoms with Gasteiger partial charge < -0.3 is 19.1 Å². The van der Waals surface area contributed by atoms with Gasteiger partial charge in [-0.2, -0.15) is 4.31 Å². The molecule has 1 fully saturated rings. The molecular weight excluding hydrogens is 498 g/mol. The van der Waals surface area contributed by atoms with E-state index in [4.69, 9.17) is 30.8 Å². The fraction of sp³-hybridized carbons (Fsp3) is 0.348. The monoisotopic (exact) mass is 523 g/mol. The van der Waals surface area contributed by atoms with Crippen molar-refractivity contribution < 1.29 is 22.6 Å². The highest BCUT2D eigenvalue weighted by atomic mass is 35.5. The normalized spacial score (nSPS) is 14.8. The maximum atomic E-state index is 13.2. The molecule has 4 rings (SSSR count). The summed E-state index contributed by atoms with van der Waals surface area (Å²) in [5.41, 5.74) is 1.95. The number of methoxy groups -OCH3 is 3. The summed E-state index contributed by atoms with van der Waals surface area (Å²) in [5.74, 6) is 1.78. The number of nitrogens with zero attached hydrogens (tertiary/aromatic N) is 3. The fourth-order valence-electron chi connectivity index (χ4n) is 3.83. The van der Waals surface area contributed by atoms with Crippen LogP contribution >= 0.6 is 22.9 Å². The standard InChI is InChI=1S/C23H26ClN3O5S2/c1-30-19-6-4-16(21(14-19)32-3)12-18-15-33-23(25-18)26-8-10-27(11-9-26)34(28,29)22-13-17(24)5-7-20(22)31-2/h4-7,13-15H,8-12H2,1-3H3. The Bertz CT molecular complexity index is 1260. The van der Waals surface area contributed by atoms with Gasteiger partial charge in [-0.1, -0.05) is 17.7 Å². The maximum Gasteiger partial charge on any atom is 0.246 e. The molecule has 0 saturated carbocycles. The van der Waals surface area contributed by atoms with E-state index < -0.39 is 10.0 Å². The Kier molecular flexibility index (Phi) is 7.51. The van der Waals surface area contributed by atoms with Crippen molar-refractivity contribution in [3.8, 4) is 17.2 Å². The molecule has 0 N–H and O–H groups in total. The number of halogens is 1. The molecule has 0 aliphatic carbocycles. The Hall–Kier alpha value is -2.53. The van der Waals surface area contributed by atoms with Crippen molar-refractivity contribution in [2.75, 3.05) is 52.4 Å². The summed E-state index contributed by atoms with van der Waals surface area (Å²) in [6, 6.07) is 10.4. The molecule has 2 heterocycles. The molecule has 0 unspecified atom stereocenters. The third-order valence-electron chi connectivity index (χ3n) is 5.66. The summed E-state index contributed by atoms with van der Waals surface area (Å²) in [4.78, 5) is 6.98. The number of hydrogen-bond donors (Lipinski definition) is 0. The molecular formula is C23H26ClN3O5S2. The lowest BCUT2D eigenvalue weighted by molar-refractivity contribution is 0.374. The molecule has 3 aromatic rings. The highest BCUT2D eigenvalue weighted by Crippen LogP contribution is 2.32. The van der Waals surface area contributed by atoms with Gasteiger partial charge in [0.15, 0.2) is 5.13 Å². The molecule has 11 heteroatoms. The minimum atomic E-state index is -3.73. The van der Waals surface area contributed by atoms with Crippen LogP contribution in [-0.4, -0.2) is 65.2 Å². The number of benzene rings is 2. The van der Waals surface area contributed by atoms with Gasteiger partial charge in [-0.05, 0) is 24.3 Å². The van der Waals surface area contributed by atoms with Crippen LogP contribution in [0.2, 0.25) is 5.02 Å². The van der Waals surface area contributed by atoms with Crippen LogP contribution in [0.3, 0.4) is 0 Å². The summed E-state index contributed by atoms with van der Waals surface area (Å²) in [5, 5.41) is 3.25. The number of ether oxygens (including phenoxy) is 3. The highest BCUT2D eigenvalue weighted by molar-refractivity contribution is 7.89. The number of aromatic nitrogens is 1. The Balaban J connectivity index is 1.43. The van der Waals surface area contributed by atoms with Crippen LogP contribution in [0.5, 0.6) is 17.2 Å². The second kappa shape index (κ2) is 10.4. The van der Waals surface area contributed by atoms with Crippen molar-refractivity contribution in [1.82, 2.24) is 9.29 Å². The van der Waals surface area contributed by atoms with E-state index in [1.807, 2.05) is 23.6 Å². The van der Waals surface area contributed by atoms with Gasteiger partial charge in [-0.25, -0.2) is 13.4 Å². The van der Waals surface area contributed by atoms with E-state index in [9.17, 15) is 8.42 Å². The quantitative estimate of drug-likeness (QED) is 0.442. The minimum Gasteiger partial charge on any atom is -0.497 e. The summed E-state index contributed by atoms with van der Waals surface area (Å²) >= 11 is 7.60. The first-order valence-electron chi connectivity index (χ1n) is 10.6. The van der Waals surface area contributed by atoms with Gasteiger partial charge in [0.05, 0.1) is 27.0 Å². The lowest BCUT2D eigenvalue weighted by Gasteiger charge is -2.34. The molecule has 1 aromatic heterocycles. The number of sulfonamides is 1. The molecule has 1 aliphatic rings. The van der Waals surface area contributed by atoms with Gasteiger partial charge in [-0.15, -0.1) is 11.3 Å². The molecule has 1 aliphatic heterocycles. The second-order valence-electron chi connectivity index (χ2n) is 7.66. The van der Waals surface area contributed by atoms with Crippen molar-refractivity contribution in [3.05, 3.63) is 58.1 Å². The SMILES string of the molecule is COc1ccc(Cc2csc(N3CCN(S(=O)(=O)c4cc(Cl)ccc4OC)CC3)n2)c(OC)c1. The van der Waals surface area contributed by atoms with E-state index in [-0.39, 0.29) is 10.6 Å². The second-order valence-corrected chi connectivity index (χ2v) is 10.8. The van der Waals surface area contributed by atoms with E-state index in [0.29, 0.717) is 37.6 Å². The Labute approximate surface area is 208 Å². The van der Waals surface area contributed by atoms with Crippen LogP contribution in [0, 0.1) is 0 Å². The van der Waals surface area contributed by atoms with Crippen LogP contribution in [0.4, 0.5) is 5.13 Å². The molecule has 0 radical (unpaired) electrons. The van der Waals surface area contributed by atoms with Gasteiger partial charge >= 0.3 is 0 Å². The van der Waals surface area contributed by atoms with E-state index in [0.717, 1.165) is 27.9 Å². The Morgan fingerprint density at radius 1 is 0.971 bits per heavy atom. The molecule has 2 aromatic carbocycles. The average molecular weight is 524 g/mol. The third-order valence-corrected chi connectivity index (χ3v) is 8.76. The van der Waals surface area contributed by atoms with E-state index >= 15 is 0 Å². The first kappa shape index (κ1) is 24.6. The van der Waals surface area contributed by atoms with Crippen LogP contribution in [0.1, 0.15) is 11.3 Å². The van der Waals surface area contributed by atoms with Crippen molar-refractivity contribution >= 4 is 38.1 Å². The van der Waals surface area contributed by atoms with Crippen molar-refractivity contribution in [2.45, 2.75) is 11.3 Å². The van der Waals surface area contributed by atoms with Crippen molar-refractivity contribution in [3.63, 3.8) is 0 Å². The predicted octanol–water partition coefficient (Wildman–Crippen LogP) is 3.92. The third kappa shape index (κ3) is 5.10. The zero-order chi connectivity index (χ0) is 24.3. The first-order valence-corrected chi connectivity index (χ1v) is 13.3. The fourth-order valence-corrected chi connectivity index (χ4v) is 6.55.